The Bertz CT molecular complexity index is 643. The van der Waals surface area contributed by atoms with Crippen molar-refractivity contribution in [3.05, 3.63) is 52.0 Å². The molecule has 0 fully saturated rings. The molecular weight excluding hydrogens is 313 g/mol. The van der Waals surface area contributed by atoms with Gasteiger partial charge in [-0.05, 0) is 17.7 Å². The summed E-state index contributed by atoms with van der Waals surface area (Å²) < 4.78 is 6.45. The fourth-order valence-corrected chi connectivity index (χ4v) is 2.37. The molecule has 21 heavy (non-hydrogen) atoms. The van der Waals surface area contributed by atoms with Crippen LogP contribution in [0.1, 0.15) is 11.3 Å². The van der Waals surface area contributed by atoms with Crippen molar-refractivity contribution in [2.24, 2.45) is 5.73 Å². The molecule has 0 saturated carbocycles. The molecule has 0 spiro atoms. The van der Waals surface area contributed by atoms with Crippen molar-refractivity contribution in [2.75, 3.05) is 7.11 Å². The van der Waals surface area contributed by atoms with Gasteiger partial charge < -0.3 is 15.0 Å². The number of hydrogen-bond donors (Lipinski definition) is 1. The smallest absolute Gasteiger partial charge is 0.323 e. The number of halogens is 2. The Morgan fingerprint density at radius 2 is 2.24 bits per heavy atom. The minimum atomic E-state index is -0.711. The molecule has 0 bridgehead atoms. The third-order valence-electron chi connectivity index (χ3n) is 2.99. The molecule has 2 rings (SSSR count). The zero-order valence-electron chi connectivity index (χ0n) is 11.4. The first-order chi connectivity index (χ1) is 9.99. The number of carbonyl (C=O) groups excluding carboxylic acids is 1. The second-order valence-electron chi connectivity index (χ2n) is 4.61. The normalized spacial score (nSPS) is 12.2. The van der Waals surface area contributed by atoms with E-state index in [1.807, 2.05) is 16.8 Å². The third-order valence-corrected chi connectivity index (χ3v) is 3.57. The summed E-state index contributed by atoms with van der Waals surface area (Å²) in [5.74, 6) is -0.453. The monoisotopic (exact) mass is 327 g/mol. The van der Waals surface area contributed by atoms with Gasteiger partial charge in [0.2, 0.25) is 0 Å². The van der Waals surface area contributed by atoms with Crippen molar-refractivity contribution in [3.8, 4) is 0 Å². The highest BCUT2D eigenvalue weighted by Gasteiger charge is 2.15. The van der Waals surface area contributed by atoms with Crippen molar-refractivity contribution in [2.45, 2.75) is 19.0 Å². The van der Waals surface area contributed by atoms with Gasteiger partial charge in [-0.25, -0.2) is 4.98 Å². The number of esters is 1. The fourth-order valence-electron chi connectivity index (χ4n) is 1.90. The number of nitrogens with zero attached hydrogens (tertiary/aromatic N) is 2. The molecule has 1 heterocycles. The summed E-state index contributed by atoms with van der Waals surface area (Å²) in [5, 5.41) is 1.20. The van der Waals surface area contributed by atoms with Crippen LogP contribution in [-0.2, 0) is 22.5 Å². The Balaban J connectivity index is 2.04. The van der Waals surface area contributed by atoms with Gasteiger partial charge in [0, 0.05) is 29.2 Å². The van der Waals surface area contributed by atoms with Crippen molar-refractivity contribution < 1.29 is 9.53 Å². The lowest BCUT2D eigenvalue weighted by molar-refractivity contribution is -0.142. The topological polar surface area (TPSA) is 70.1 Å². The average Bonchev–Trinajstić information content (AvgIpc) is 2.88. The molecule has 0 aliphatic heterocycles. The Morgan fingerprint density at radius 3 is 2.90 bits per heavy atom. The largest absolute Gasteiger partial charge is 0.468 e. The molecule has 1 aromatic carbocycles. The highest BCUT2D eigenvalue weighted by Crippen LogP contribution is 2.21. The second-order valence-corrected chi connectivity index (χ2v) is 5.45. The SMILES string of the molecule is COC(=O)C(N)Cc1cn(Cc2ccc(Cl)cc2Cl)cn1. The van der Waals surface area contributed by atoms with Crippen LogP contribution in [0.3, 0.4) is 0 Å². The lowest BCUT2D eigenvalue weighted by Gasteiger charge is -2.07. The minimum absolute atomic E-state index is 0.327. The van der Waals surface area contributed by atoms with E-state index in [9.17, 15) is 4.79 Å². The average molecular weight is 328 g/mol. The van der Waals surface area contributed by atoms with Gasteiger partial charge >= 0.3 is 5.97 Å². The van der Waals surface area contributed by atoms with E-state index in [0.29, 0.717) is 23.0 Å². The highest BCUT2D eigenvalue weighted by atomic mass is 35.5. The quantitative estimate of drug-likeness (QED) is 0.855. The molecule has 1 aromatic heterocycles. The summed E-state index contributed by atoms with van der Waals surface area (Å²) in [5.41, 5.74) is 7.36. The first-order valence-corrected chi connectivity index (χ1v) is 7.03. The molecule has 7 heteroatoms. The number of methoxy groups -OCH3 is 1. The molecule has 1 unspecified atom stereocenters. The number of nitrogens with two attached hydrogens (primary N) is 1. The summed E-state index contributed by atoms with van der Waals surface area (Å²) >= 11 is 12.0. The van der Waals surface area contributed by atoms with E-state index in [1.165, 1.54) is 7.11 Å². The molecule has 5 nitrogen and oxygen atoms in total. The number of rotatable bonds is 5. The second kappa shape index (κ2) is 6.93. The maximum atomic E-state index is 11.3. The van der Waals surface area contributed by atoms with E-state index < -0.39 is 12.0 Å². The van der Waals surface area contributed by atoms with E-state index in [2.05, 4.69) is 9.72 Å². The van der Waals surface area contributed by atoms with Crippen LogP contribution in [-0.4, -0.2) is 28.7 Å². The fraction of sp³-hybridized carbons (Fsp3) is 0.286. The highest BCUT2D eigenvalue weighted by molar-refractivity contribution is 6.35. The molecule has 0 saturated heterocycles. The summed E-state index contributed by atoms with van der Waals surface area (Å²) in [4.78, 5) is 15.5. The van der Waals surface area contributed by atoms with E-state index in [1.54, 1.807) is 18.5 Å². The van der Waals surface area contributed by atoms with Crippen LogP contribution in [0.4, 0.5) is 0 Å². The third kappa shape index (κ3) is 4.20. The van der Waals surface area contributed by atoms with Crippen LogP contribution in [0.25, 0.3) is 0 Å². The van der Waals surface area contributed by atoms with E-state index in [4.69, 9.17) is 28.9 Å². The van der Waals surface area contributed by atoms with Crippen LogP contribution >= 0.6 is 23.2 Å². The summed E-state index contributed by atoms with van der Waals surface area (Å²) in [7, 11) is 1.31. The first-order valence-electron chi connectivity index (χ1n) is 6.27. The van der Waals surface area contributed by atoms with Gasteiger partial charge in [-0.1, -0.05) is 29.3 Å². The molecule has 0 aliphatic rings. The molecular formula is C14H15Cl2N3O2. The van der Waals surface area contributed by atoms with Gasteiger partial charge in [0.05, 0.1) is 19.1 Å². The predicted octanol–water partition coefficient (Wildman–Crippen LogP) is 2.28. The molecule has 2 aromatic rings. The molecule has 0 aliphatic carbocycles. The number of benzene rings is 1. The minimum Gasteiger partial charge on any atom is -0.468 e. The zero-order valence-corrected chi connectivity index (χ0v) is 12.9. The zero-order chi connectivity index (χ0) is 15.4. The molecule has 0 amide bonds. The lowest BCUT2D eigenvalue weighted by Crippen LogP contribution is -2.33. The number of hydrogen-bond acceptors (Lipinski definition) is 4. The maximum absolute atomic E-state index is 11.3. The first kappa shape index (κ1) is 15.8. The molecule has 1 atom stereocenters. The summed E-state index contributed by atoms with van der Waals surface area (Å²) in [6, 6.07) is 4.64. The number of carbonyl (C=O) groups is 1. The van der Waals surface area contributed by atoms with Crippen LogP contribution in [0.5, 0.6) is 0 Å². The van der Waals surface area contributed by atoms with Crippen molar-refractivity contribution in [3.63, 3.8) is 0 Å². The maximum Gasteiger partial charge on any atom is 0.323 e. The molecule has 2 N–H and O–H groups in total. The van der Waals surface area contributed by atoms with Gasteiger partial charge in [0.1, 0.15) is 6.04 Å². The Labute approximate surface area is 132 Å². The van der Waals surface area contributed by atoms with Gasteiger partial charge in [0.25, 0.3) is 0 Å². The van der Waals surface area contributed by atoms with Crippen molar-refractivity contribution in [1.82, 2.24) is 9.55 Å². The Morgan fingerprint density at radius 1 is 1.48 bits per heavy atom. The number of ether oxygens (including phenoxy) is 1. The van der Waals surface area contributed by atoms with E-state index in [-0.39, 0.29) is 0 Å². The van der Waals surface area contributed by atoms with Gasteiger partial charge in [-0.15, -0.1) is 0 Å². The molecule has 112 valence electrons. The lowest BCUT2D eigenvalue weighted by atomic mass is 10.2. The van der Waals surface area contributed by atoms with Gasteiger partial charge in [-0.2, -0.15) is 0 Å². The summed E-state index contributed by atoms with van der Waals surface area (Å²) in [6.07, 6.45) is 3.83. The number of aromatic nitrogens is 2. The number of imidazole rings is 1. The molecule has 0 radical (unpaired) electrons. The summed E-state index contributed by atoms with van der Waals surface area (Å²) in [6.45, 7) is 0.566. The van der Waals surface area contributed by atoms with Gasteiger partial charge in [-0.3, -0.25) is 4.79 Å². The standard InChI is InChI=1S/C14H15Cl2N3O2/c1-21-14(20)13(17)5-11-7-19(8-18-11)6-9-2-3-10(15)4-12(9)16/h2-4,7-8,13H,5-6,17H2,1H3. The van der Waals surface area contributed by atoms with Crippen LogP contribution < -0.4 is 5.73 Å². The Kier molecular flexibility index (Phi) is 5.22. The van der Waals surface area contributed by atoms with Crippen molar-refractivity contribution in [1.29, 1.82) is 0 Å². The van der Waals surface area contributed by atoms with Crippen molar-refractivity contribution >= 4 is 29.2 Å². The van der Waals surface area contributed by atoms with E-state index in [0.717, 1.165) is 11.3 Å². The van der Waals surface area contributed by atoms with Crippen LogP contribution in [0, 0.1) is 0 Å². The van der Waals surface area contributed by atoms with Gasteiger partial charge in [0.15, 0.2) is 0 Å². The van der Waals surface area contributed by atoms with Crippen LogP contribution in [0.15, 0.2) is 30.7 Å². The van der Waals surface area contributed by atoms with Crippen LogP contribution in [0.2, 0.25) is 10.0 Å². The Hall–Kier alpha value is -1.56. The van der Waals surface area contributed by atoms with E-state index >= 15 is 0 Å². The predicted molar refractivity (Wildman–Crippen MR) is 81.5 cm³/mol.